The van der Waals surface area contributed by atoms with E-state index in [0.717, 1.165) is 0 Å². The van der Waals surface area contributed by atoms with Gasteiger partial charge in [0.05, 0.1) is 0 Å². The Morgan fingerprint density at radius 2 is 1.50 bits per heavy atom. The Kier molecular flexibility index (Phi) is 9.55. The molecule has 5 N–H and O–H groups in total. The molecule has 0 aromatic heterocycles. The van der Waals surface area contributed by atoms with Crippen LogP contribution < -0.4 is 0 Å². The minimum absolute atomic E-state index is 0. The molecule has 4 atom stereocenters. The third-order valence-electron chi connectivity index (χ3n) is 1.42. The molecule has 8 heteroatoms. The van der Waals surface area contributed by atoms with Gasteiger partial charge in [0, 0.05) is 51.4 Å². The molecule has 0 saturated heterocycles. The molecule has 0 rings (SSSR count). The first-order valence-electron chi connectivity index (χ1n) is 3.32. The number of rotatable bonds is 5. The van der Waals surface area contributed by atoms with Crippen molar-refractivity contribution in [3.05, 3.63) is 0 Å². The largest absolute Gasteiger partial charge is 0.479 e. The van der Waals surface area contributed by atoms with Crippen molar-refractivity contribution in [2.75, 3.05) is 0 Å². The Bertz CT molecular complexity index is 197. The summed E-state index contributed by atoms with van der Waals surface area (Å²) >= 11 is 0. The smallest absolute Gasteiger partial charge is 0.335 e. The Morgan fingerprint density at radius 1 is 1.07 bits per heavy atom. The zero-order chi connectivity index (χ0) is 10.6. The standard InChI is InChI=1S/C6H10O7.K/c7-1-2(8)3(9)4(10)5(11)6(12)13;/h1-5,8-11H,(H,12,13);/t2-,3+,4+,5-;/m0./s1. The Hall–Kier alpha value is 0.616. The van der Waals surface area contributed by atoms with Gasteiger partial charge in [0.15, 0.2) is 12.4 Å². The van der Waals surface area contributed by atoms with E-state index in [2.05, 4.69) is 0 Å². The molecule has 77 valence electrons. The normalized spacial score (nSPS) is 18.6. The summed E-state index contributed by atoms with van der Waals surface area (Å²) in [5.41, 5.74) is 0. The second-order valence-electron chi connectivity index (χ2n) is 2.39. The van der Waals surface area contributed by atoms with E-state index in [1.165, 1.54) is 0 Å². The van der Waals surface area contributed by atoms with Gasteiger partial charge >= 0.3 is 5.97 Å². The third kappa shape index (κ3) is 4.91. The van der Waals surface area contributed by atoms with Gasteiger partial charge in [-0.05, 0) is 0 Å². The zero-order valence-electron chi connectivity index (χ0n) is 7.44. The number of aliphatic carboxylic acids is 1. The van der Waals surface area contributed by atoms with Crippen molar-refractivity contribution in [2.24, 2.45) is 0 Å². The van der Waals surface area contributed by atoms with E-state index < -0.39 is 30.4 Å². The molecule has 7 nitrogen and oxygen atoms in total. The van der Waals surface area contributed by atoms with Crippen molar-refractivity contribution in [1.29, 1.82) is 0 Å². The van der Waals surface area contributed by atoms with Crippen LogP contribution in [0.3, 0.4) is 0 Å². The second-order valence-corrected chi connectivity index (χ2v) is 2.39. The Morgan fingerprint density at radius 3 is 1.79 bits per heavy atom. The van der Waals surface area contributed by atoms with Gasteiger partial charge in [-0.15, -0.1) is 0 Å². The zero-order valence-corrected chi connectivity index (χ0v) is 10.6. The first-order chi connectivity index (χ1) is 5.91. The maximum absolute atomic E-state index is 10.1. The van der Waals surface area contributed by atoms with Crippen molar-refractivity contribution >= 4 is 63.6 Å². The van der Waals surface area contributed by atoms with Crippen LogP contribution in [0.25, 0.3) is 0 Å². The van der Waals surface area contributed by atoms with Gasteiger partial charge < -0.3 is 30.3 Å². The number of aldehydes is 1. The third-order valence-corrected chi connectivity index (χ3v) is 1.42. The Labute approximate surface area is 122 Å². The van der Waals surface area contributed by atoms with E-state index in [1.807, 2.05) is 0 Å². The van der Waals surface area contributed by atoms with Crippen molar-refractivity contribution in [3.63, 3.8) is 0 Å². The van der Waals surface area contributed by atoms with Crippen LogP contribution in [0.2, 0.25) is 0 Å². The van der Waals surface area contributed by atoms with Crippen LogP contribution in [0, 0.1) is 0 Å². The van der Waals surface area contributed by atoms with E-state index >= 15 is 0 Å². The average Bonchev–Trinajstić information content (AvgIpc) is 2.12. The summed E-state index contributed by atoms with van der Waals surface area (Å²) in [6.45, 7) is 0. The molecule has 14 heavy (non-hydrogen) atoms. The van der Waals surface area contributed by atoms with Crippen LogP contribution in [0.15, 0.2) is 0 Å². The fourth-order valence-corrected chi connectivity index (χ4v) is 0.615. The van der Waals surface area contributed by atoms with E-state index in [1.54, 1.807) is 0 Å². The molecule has 0 aliphatic carbocycles. The molecule has 0 fully saturated rings. The molecular weight excluding hydrogens is 223 g/mol. The minimum Gasteiger partial charge on any atom is -0.479 e. The molecule has 0 amide bonds. The van der Waals surface area contributed by atoms with Gasteiger partial charge in [0.25, 0.3) is 0 Å². The fourth-order valence-electron chi connectivity index (χ4n) is 0.615. The first kappa shape index (κ1) is 17.0. The number of carboxylic acids is 1. The van der Waals surface area contributed by atoms with Gasteiger partial charge in [-0.25, -0.2) is 4.79 Å². The number of carbonyl (C=O) groups excluding carboxylic acids is 1. The SMILES string of the molecule is O=C[C@H](O)[C@@H](O)[C@@H](O)[C@H](O)C(=O)O.[K]. The first-order valence-corrected chi connectivity index (χ1v) is 3.32. The molecular formula is C6H10KO7. The second kappa shape index (κ2) is 7.85. The van der Waals surface area contributed by atoms with E-state index in [9.17, 15) is 9.59 Å². The molecule has 0 unspecified atom stereocenters. The van der Waals surface area contributed by atoms with Crippen LogP contribution >= 0.6 is 0 Å². The minimum atomic E-state index is -2.25. The van der Waals surface area contributed by atoms with Crippen LogP contribution in [0.5, 0.6) is 0 Å². The molecule has 0 aromatic rings. The van der Waals surface area contributed by atoms with Crippen LogP contribution in [-0.2, 0) is 9.59 Å². The monoisotopic (exact) mass is 233 g/mol. The molecule has 0 spiro atoms. The van der Waals surface area contributed by atoms with E-state index in [0.29, 0.717) is 0 Å². The molecule has 0 saturated carbocycles. The van der Waals surface area contributed by atoms with Gasteiger partial charge in [-0.1, -0.05) is 0 Å². The molecule has 0 heterocycles. The summed E-state index contributed by atoms with van der Waals surface area (Å²) in [5.74, 6) is -1.76. The number of hydrogen-bond acceptors (Lipinski definition) is 6. The number of aliphatic hydroxyl groups excluding tert-OH is 4. The molecule has 0 bridgehead atoms. The summed E-state index contributed by atoms with van der Waals surface area (Å²) in [7, 11) is 0. The van der Waals surface area contributed by atoms with E-state index in [-0.39, 0.29) is 57.7 Å². The summed E-state index contributed by atoms with van der Waals surface area (Å²) in [6, 6.07) is 0. The number of carboxylic acid groups (broad SMARTS) is 1. The van der Waals surface area contributed by atoms with Crippen molar-refractivity contribution in [1.82, 2.24) is 0 Å². The van der Waals surface area contributed by atoms with Gasteiger partial charge in [-0.3, -0.25) is 0 Å². The van der Waals surface area contributed by atoms with Crippen LogP contribution in [-0.4, -0.2) is 114 Å². The van der Waals surface area contributed by atoms with Crippen LogP contribution in [0.4, 0.5) is 0 Å². The molecule has 1 radical (unpaired) electrons. The van der Waals surface area contributed by atoms with Crippen molar-refractivity contribution in [3.8, 4) is 0 Å². The van der Waals surface area contributed by atoms with Crippen molar-refractivity contribution in [2.45, 2.75) is 24.4 Å². The van der Waals surface area contributed by atoms with Crippen molar-refractivity contribution < 1.29 is 35.1 Å². The summed E-state index contributed by atoms with van der Waals surface area (Å²) in [6.07, 6.45) is -8.39. The predicted octanol–water partition coefficient (Wildman–Crippen LogP) is -3.67. The van der Waals surface area contributed by atoms with E-state index in [4.69, 9.17) is 25.5 Å². The average molecular weight is 233 g/mol. The predicted molar refractivity (Wildman–Crippen MR) is 43.5 cm³/mol. The quantitative estimate of drug-likeness (QED) is 0.244. The maximum atomic E-state index is 10.1. The summed E-state index contributed by atoms with van der Waals surface area (Å²) in [5, 5.41) is 43.2. The maximum Gasteiger partial charge on any atom is 0.335 e. The topological polar surface area (TPSA) is 135 Å². The van der Waals surface area contributed by atoms with Gasteiger partial charge in [0.1, 0.15) is 18.3 Å². The molecule has 0 aromatic carbocycles. The number of carbonyl (C=O) groups is 2. The summed E-state index contributed by atoms with van der Waals surface area (Å²) in [4.78, 5) is 20.0. The van der Waals surface area contributed by atoms with Gasteiger partial charge in [0.2, 0.25) is 0 Å². The van der Waals surface area contributed by atoms with Crippen LogP contribution in [0.1, 0.15) is 0 Å². The fraction of sp³-hybridized carbons (Fsp3) is 0.667. The number of hydrogen-bond donors (Lipinski definition) is 5. The summed E-state index contributed by atoms with van der Waals surface area (Å²) < 4.78 is 0. The van der Waals surface area contributed by atoms with Gasteiger partial charge in [-0.2, -0.15) is 0 Å². The molecule has 0 aliphatic rings. The number of aliphatic hydroxyl groups is 4. The Balaban J connectivity index is 0. The molecule has 0 aliphatic heterocycles.